The van der Waals surface area contributed by atoms with Crippen LogP contribution in [0, 0.1) is 5.82 Å². The average Bonchev–Trinajstić information content (AvgIpc) is 2.85. The molecule has 0 fully saturated rings. The van der Waals surface area contributed by atoms with E-state index in [4.69, 9.17) is 5.73 Å². The van der Waals surface area contributed by atoms with Gasteiger partial charge < -0.3 is 11.1 Å². The zero-order valence-electron chi connectivity index (χ0n) is 9.65. The van der Waals surface area contributed by atoms with E-state index in [9.17, 15) is 9.18 Å². The summed E-state index contributed by atoms with van der Waals surface area (Å²) in [7, 11) is 0. The molecule has 0 unspecified atom stereocenters. The molecular formula is C13H13FN2OS. The summed E-state index contributed by atoms with van der Waals surface area (Å²) in [5, 5.41) is 6.74. The van der Waals surface area contributed by atoms with Crippen LogP contribution < -0.4 is 11.1 Å². The number of thiophene rings is 1. The van der Waals surface area contributed by atoms with Crippen LogP contribution in [-0.4, -0.2) is 12.5 Å². The van der Waals surface area contributed by atoms with Gasteiger partial charge in [0, 0.05) is 6.54 Å². The zero-order chi connectivity index (χ0) is 13.0. The van der Waals surface area contributed by atoms with Crippen molar-refractivity contribution in [3.05, 3.63) is 52.0 Å². The van der Waals surface area contributed by atoms with Gasteiger partial charge >= 0.3 is 0 Å². The first-order valence-corrected chi connectivity index (χ1v) is 6.46. The maximum Gasteiger partial charge on any atom is 0.253 e. The van der Waals surface area contributed by atoms with Crippen molar-refractivity contribution in [3.8, 4) is 0 Å². The Bertz CT molecular complexity index is 540. The Kier molecular flexibility index (Phi) is 3.94. The second-order valence-corrected chi connectivity index (χ2v) is 4.62. The molecule has 0 aliphatic heterocycles. The molecule has 94 valence electrons. The predicted molar refractivity (Wildman–Crippen MR) is 71.2 cm³/mol. The van der Waals surface area contributed by atoms with Gasteiger partial charge in [0.25, 0.3) is 5.91 Å². The first kappa shape index (κ1) is 12.6. The minimum atomic E-state index is -0.569. The van der Waals surface area contributed by atoms with Crippen LogP contribution in [0.4, 0.5) is 10.1 Å². The molecule has 0 spiro atoms. The van der Waals surface area contributed by atoms with E-state index >= 15 is 0 Å². The zero-order valence-corrected chi connectivity index (χ0v) is 10.5. The van der Waals surface area contributed by atoms with Crippen molar-refractivity contribution >= 4 is 22.9 Å². The number of amides is 1. The summed E-state index contributed by atoms with van der Waals surface area (Å²) in [4.78, 5) is 11.8. The SMILES string of the molecule is Nc1c(F)cccc1C(=O)NCCc1ccsc1. The molecule has 0 bridgehead atoms. The molecule has 1 heterocycles. The number of carbonyl (C=O) groups is 1. The topological polar surface area (TPSA) is 55.1 Å². The summed E-state index contributed by atoms with van der Waals surface area (Å²) in [6.45, 7) is 0.505. The van der Waals surface area contributed by atoms with Crippen LogP contribution in [0.25, 0.3) is 0 Å². The van der Waals surface area contributed by atoms with Crippen molar-refractivity contribution in [3.63, 3.8) is 0 Å². The van der Waals surface area contributed by atoms with Crippen LogP contribution in [0.3, 0.4) is 0 Å². The summed E-state index contributed by atoms with van der Waals surface area (Å²) in [6, 6.07) is 6.22. The summed E-state index contributed by atoms with van der Waals surface area (Å²) in [5.41, 5.74) is 6.76. The van der Waals surface area contributed by atoms with E-state index < -0.39 is 5.82 Å². The molecule has 2 aromatic rings. The number of halogens is 1. The minimum Gasteiger partial charge on any atom is -0.396 e. The summed E-state index contributed by atoms with van der Waals surface area (Å²) in [5.74, 6) is -0.914. The Hall–Kier alpha value is -1.88. The third kappa shape index (κ3) is 2.87. The molecule has 0 radical (unpaired) electrons. The molecule has 18 heavy (non-hydrogen) atoms. The van der Waals surface area contributed by atoms with Gasteiger partial charge in [0.1, 0.15) is 5.82 Å². The maximum absolute atomic E-state index is 13.2. The second-order valence-electron chi connectivity index (χ2n) is 3.84. The van der Waals surface area contributed by atoms with E-state index in [1.54, 1.807) is 11.3 Å². The number of hydrogen-bond acceptors (Lipinski definition) is 3. The molecule has 1 aromatic carbocycles. The van der Waals surface area contributed by atoms with Crippen molar-refractivity contribution in [2.24, 2.45) is 0 Å². The Labute approximate surface area is 108 Å². The smallest absolute Gasteiger partial charge is 0.253 e. The fraction of sp³-hybridized carbons (Fsp3) is 0.154. The lowest BCUT2D eigenvalue weighted by Crippen LogP contribution is -2.26. The van der Waals surface area contributed by atoms with Gasteiger partial charge in [0.2, 0.25) is 0 Å². The molecule has 0 aliphatic rings. The molecule has 1 aromatic heterocycles. The molecule has 2 rings (SSSR count). The number of nitrogens with one attached hydrogen (secondary N) is 1. The number of nitrogens with two attached hydrogens (primary N) is 1. The van der Waals surface area contributed by atoms with Crippen LogP contribution in [0.2, 0.25) is 0 Å². The third-order valence-corrected chi connectivity index (χ3v) is 3.31. The number of hydrogen-bond donors (Lipinski definition) is 2. The van der Waals surface area contributed by atoms with Gasteiger partial charge in [-0.3, -0.25) is 4.79 Å². The number of benzene rings is 1. The van der Waals surface area contributed by atoms with Crippen LogP contribution in [0.1, 0.15) is 15.9 Å². The molecule has 0 aliphatic carbocycles. The Morgan fingerprint density at radius 3 is 2.94 bits per heavy atom. The van der Waals surface area contributed by atoms with E-state index in [0.29, 0.717) is 6.54 Å². The first-order chi connectivity index (χ1) is 8.68. The molecule has 0 atom stereocenters. The quantitative estimate of drug-likeness (QED) is 0.833. The lowest BCUT2D eigenvalue weighted by molar-refractivity contribution is 0.0954. The van der Waals surface area contributed by atoms with E-state index in [1.807, 2.05) is 16.8 Å². The van der Waals surface area contributed by atoms with E-state index in [2.05, 4.69) is 5.32 Å². The van der Waals surface area contributed by atoms with Crippen molar-refractivity contribution in [1.82, 2.24) is 5.32 Å². The van der Waals surface area contributed by atoms with Crippen LogP contribution in [-0.2, 0) is 6.42 Å². The monoisotopic (exact) mass is 264 g/mol. The molecule has 3 N–H and O–H groups in total. The largest absolute Gasteiger partial charge is 0.396 e. The van der Waals surface area contributed by atoms with Gasteiger partial charge in [-0.05, 0) is 40.9 Å². The first-order valence-electron chi connectivity index (χ1n) is 5.51. The van der Waals surface area contributed by atoms with Crippen molar-refractivity contribution in [2.45, 2.75) is 6.42 Å². The highest BCUT2D eigenvalue weighted by atomic mass is 32.1. The van der Waals surface area contributed by atoms with Crippen LogP contribution >= 0.6 is 11.3 Å². The van der Waals surface area contributed by atoms with E-state index in [-0.39, 0.29) is 17.2 Å². The molecule has 5 heteroatoms. The van der Waals surface area contributed by atoms with Gasteiger partial charge in [-0.1, -0.05) is 6.07 Å². The Morgan fingerprint density at radius 2 is 2.22 bits per heavy atom. The number of anilines is 1. The number of nitrogen functional groups attached to an aromatic ring is 1. The van der Waals surface area contributed by atoms with Gasteiger partial charge in [-0.25, -0.2) is 4.39 Å². The summed E-state index contributed by atoms with van der Waals surface area (Å²) in [6.07, 6.45) is 0.754. The number of carbonyl (C=O) groups excluding carboxylic acids is 1. The predicted octanol–water partition coefficient (Wildman–Crippen LogP) is 2.44. The van der Waals surface area contributed by atoms with Gasteiger partial charge in [0.15, 0.2) is 0 Å². The van der Waals surface area contributed by atoms with E-state index in [1.165, 1.54) is 23.8 Å². The van der Waals surface area contributed by atoms with Crippen LogP contribution in [0.15, 0.2) is 35.0 Å². The number of rotatable bonds is 4. The van der Waals surface area contributed by atoms with Crippen molar-refractivity contribution in [2.75, 3.05) is 12.3 Å². The van der Waals surface area contributed by atoms with E-state index in [0.717, 1.165) is 6.42 Å². The highest BCUT2D eigenvalue weighted by Crippen LogP contribution is 2.15. The highest BCUT2D eigenvalue weighted by molar-refractivity contribution is 7.07. The Morgan fingerprint density at radius 1 is 1.39 bits per heavy atom. The highest BCUT2D eigenvalue weighted by Gasteiger charge is 2.11. The van der Waals surface area contributed by atoms with Crippen molar-refractivity contribution in [1.29, 1.82) is 0 Å². The van der Waals surface area contributed by atoms with Crippen LogP contribution in [0.5, 0.6) is 0 Å². The van der Waals surface area contributed by atoms with Gasteiger partial charge in [-0.2, -0.15) is 11.3 Å². The molecule has 0 saturated carbocycles. The summed E-state index contributed by atoms with van der Waals surface area (Å²) < 4.78 is 13.2. The standard InChI is InChI=1S/C13H13FN2OS/c14-11-3-1-2-10(12(11)15)13(17)16-6-4-9-5-7-18-8-9/h1-3,5,7-8H,4,6,15H2,(H,16,17). The minimum absolute atomic E-state index is 0.106. The van der Waals surface area contributed by atoms with Crippen molar-refractivity contribution < 1.29 is 9.18 Å². The third-order valence-electron chi connectivity index (χ3n) is 2.58. The molecule has 0 saturated heterocycles. The fourth-order valence-electron chi connectivity index (χ4n) is 1.59. The normalized spacial score (nSPS) is 10.3. The lowest BCUT2D eigenvalue weighted by atomic mass is 10.1. The molecule has 3 nitrogen and oxygen atoms in total. The van der Waals surface area contributed by atoms with Gasteiger partial charge in [0.05, 0.1) is 11.3 Å². The lowest BCUT2D eigenvalue weighted by Gasteiger charge is -2.07. The van der Waals surface area contributed by atoms with Gasteiger partial charge in [-0.15, -0.1) is 0 Å². The fourth-order valence-corrected chi connectivity index (χ4v) is 2.29. The molecular weight excluding hydrogens is 251 g/mol. The number of para-hydroxylation sites is 1. The average molecular weight is 264 g/mol. The maximum atomic E-state index is 13.2. The summed E-state index contributed by atoms with van der Waals surface area (Å²) >= 11 is 1.62. The Balaban J connectivity index is 1.93. The second kappa shape index (κ2) is 5.64. The molecule has 1 amide bonds.